The van der Waals surface area contributed by atoms with Gasteiger partial charge in [0.05, 0.1) is 0 Å². The molecule has 0 bridgehead atoms. The Hall–Kier alpha value is -2.04. The Morgan fingerprint density at radius 3 is 2.64 bits per heavy atom. The molecule has 1 amide bonds. The lowest BCUT2D eigenvalue weighted by Crippen LogP contribution is -2.39. The van der Waals surface area contributed by atoms with Crippen molar-refractivity contribution in [1.29, 1.82) is 0 Å². The summed E-state index contributed by atoms with van der Waals surface area (Å²) in [7, 11) is 0. The van der Waals surface area contributed by atoms with Crippen LogP contribution in [0.1, 0.15) is 44.9 Å². The number of carbonyl (C=O) groups is 1. The average molecular weight is 341 g/mol. The van der Waals surface area contributed by atoms with Crippen LogP contribution in [0.3, 0.4) is 0 Å². The van der Waals surface area contributed by atoms with Crippen molar-refractivity contribution in [2.24, 2.45) is 11.8 Å². The molecular weight excluding hydrogens is 314 g/mol. The van der Waals surface area contributed by atoms with E-state index >= 15 is 0 Å². The number of hydrogen-bond donors (Lipinski definition) is 1. The summed E-state index contributed by atoms with van der Waals surface area (Å²) < 4.78 is 5.86. The Balaban J connectivity index is 1.23. The normalized spacial score (nSPS) is 19.6. The van der Waals surface area contributed by atoms with Crippen molar-refractivity contribution in [1.82, 2.24) is 10.3 Å². The Morgan fingerprint density at radius 1 is 1.12 bits per heavy atom. The van der Waals surface area contributed by atoms with Crippen molar-refractivity contribution in [2.75, 3.05) is 24.5 Å². The molecule has 2 aliphatic rings. The first-order valence-electron chi connectivity index (χ1n) is 9.65. The summed E-state index contributed by atoms with van der Waals surface area (Å²) in [4.78, 5) is 18.9. The van der Waals surface area contributed by atoms with Crippen LogP contribution in [0.5, 0.6) is 0 Å². The highest BCUT2D eigenvalue weighted by molar-refractivity contribution is 5.76. The van der Waals surface area contributed by atoms with Gasteiger partial charge in [0.2, 0.25) is 5.91 Å². The molecule has 0 unspecified atom stereocenters. The number of anilines is 1. The highest BCUT2D eigenvalue weighted by Crippen LogP contribution is 2.28. The third-order valence-corrected chi connectivity index (χ3v) is 5.70. The van der Waals surface area contributed by atoms with E-state index in [9.17, 15) is 4.79 Å². The van der Waals surface area contributed by atoms with Crippen molar-refractivity contribution in [3.63, 3.8) is 0 Å². The topological polar surface area (TPSA) is 58.4 Å². The number of hydrogen-bond acceptors (Lipinski definition) is 4. The minimum atomic E-state index is 0.244. The molecule has 5 heteroatoms. The monoisotopic (exact) mass is 341 g/mol. The number of nitrogens with zero attached hydrogens (tertiary/aromatic N) is 2. The fourth-order valence-corrected chi connectivity index (χ4v) is 4.13. The maximum atomic E-state index is 12.1. The number of rotatable bonds is 5. The van der Waals surface area contributed by atoms with Gasteiger partial charge in [0, 0.05) is 26.1 Å². The van der Waals surface area contributed by atoms with E-state index in [1.165, 1.54) is 25.7 Å². The van der Waals surface area contributed by atoms with Crippen LogP contribution in [0.15, 0.2) is 28.7 Å². The van der Waals surface area contributed by atoms with Crippen molar-refractivity contribution in [2.45, 2.75) is 44.9 Å². The highest BCUT2D eigenvalue weighted by Gasteiger charge is 2.24. The molecule has 1 saturated carbocycles. The van der Waals surface area contributed by atoms with Crippen LogP contribution >= 0.6 is 0 Å². The number of para-hydroxylation sites is 2. The summed E-state index contributed by atoms with van der Waals surface area (Å²) >= 11 is 0. The summed E-state index contributed by atoms with van der Waals surface area (Å²) in [6.45, 7) is 2.69. The molecule has 1 N–H and O–H groups in total. The Kier molecular flexibility index (Phi) is 4.90. The summed E-state index contributed by atoms with van der Waals surface area (Å²) in [5.74, 6) is 1.43. The largest absolute Gasteiger partial charge is 0.423 e. The third-order valence-electron chi connectivity index (χ3n) is 5.70. The second-order valence-electron chi connectivity index (χ2n) is 7.55. The van der Waals surface area contributed by atoms with E-state index in [0.717, 1.165) is 56.0 Å². The van der Waals surface area contributed by atoms with Gasteiger partial charge >= 0.3 is 0 Å². The molecule has 2 heterocycles. The van der Waals surface area contributed by atoms with Gasteiger partial charge in [-0.15, -0.1) is 0 Å². The molecule has 0 radical (unpaired) electrons. The van der Waals surface area contributed by atoms with Gasteiger partial charge in [0.25, 0.3) is 6.01 Å². The average Bonchev–Trinajstić information content (AvgIpc) is 3.29. The standard InChI is InChI=1S/C20H27N3O2/c24-19(13-15-5-1-2-6-15)21-14-16-9-11-23(12-10-16)20-22-17-7-3-4-8-18(17)25-20/h3-4,7-8,15-16H,1-2,5-6,9-14H2,(H,21,24). The van der Waals surface area contributed by atoms with Gasteiger partial charge in [-0.05, 0) is 49.7 Å². The number of oxazole rings is 1. The van der Waals surface area contributed by atoms with Crippen molar-refractivity contribution in [3.05, 3.63) is 24.3 Å². The zero-order valence-electron chi connectivity index (χ0n) is 14.7. The van der Waals surface area contributed by atoms with E-state index in [1.807, 2.05) is 24.3 Å². The van der Waals surface area contributed by atoms with E-state index in [1.54, 1.807) is 0 Å². The molecule has 5 nitrogen and oxygen atoms in total. The molecule has 2 fully saturated rings. The highest BCUT2D eigenvalue weighted by atomic mass is 16.4. The van der Waals surface area contributed by atoms with E-state index in [0.29, 0.717) is 11.8 Å². The van der Waals surface area contributed by atoms with Gasteiger partial charge in [-0.25, -0.2) is 0 Å². The third kappa shape index (κ3) is 3.97. The molecular formula is C20H27N3O2. The van der Waals surface area contributed by atoms with Crippen LogP contribution in [0.25, 0.3) is 11.1 Å². The van der Waals surface area contributed by atoms with Crippen molar-refractivity contribution < 1.29 is 9.21 Å². The summed E-state index contributed by atoms with van der Waals surface area (Å²) in [5.41, 5.74) is 1.76. The second-order valence-corrected chi connectivity index (χ2v) is 7.55. The Labute approximate surface area is 148 Å². The van der Waals surface area contributed by atoms with E-state index < -0.39 is 0 Å². The van der Waals surface area contributed by atoms with E-state index in [2.05, 4.69) is 15.2 Å². The first kappa shape index (κ1) is 16.4. The summed E-state index contributed by atoms with van der Waals surface area (Å²) in [6, 6.07) is 8.62. The zero-order chi connectivity index (χ0) is 17.1. The molecule has 1 aliphatic carbocycles. The maximum absolute atomic E-state index is 12.1. The lowest BCUT2D eigenvalue weighted by Gasteiger charge is -2.31. The van der Waals surface area contributed by atoms with Gasteiger partial charge in [-0.1, -0.05) is 25.0 Å². The molecule has 4 rings (SSSR count). The number of piperidine rings is 1. The minimum Gasteiger partial charge on any atom is -0.423 e. The van der Waals surface area contributed by atoms with Gasteiger partial charge in [0.15, 0.2) is 5.58 Å². The van der Waals surface area contributed by atoms with Gasteiger partial charge in [-0.2, -0.15) is 4.98 Å². The Morgan fingerprint density at radius 2 is 1.88 bits per heavy atom. The van der Waals surface area contributed by atoms with Crippen LogP contribution in [0.4, 0.5) is 6.01 Å². The van der Waals surface area contributed by atoms with Crippen LogP contribution in [-0.4, -0.2) is 30.5 Å². The molecule has 25 heavy (non-hydrogen) atoms. The van der Waals surface area contributed by atoms with Crippen molar-refractivity contribution >= 4 is 23.0 Å². The zero-order valence-corrected chi connectivity index (χ0v) is 14.7. The van der Waals surface area contributed by atoms with Crippen LogP contribution < -0.4 is 10.2 Å². The Bertz CT molecular complexity index is 680. The van der Waals surface area contributed by atoms with Gasteiger partial charge in [-0.3, -0.25) is 4.79 Å². The van der Waals surface area contributed by atoms with E-state index in [-0.39, 0.29) is 5.91 Å². The number of nitrogens with one attached hydrogen (secondary N) is 1. The number of benzene rings is 1. The van der Waals surface area contributed by atoms with Crippen LogP contribution in [-0.2, 0) is 4.79 Å². The first-order chi connectivity index (χ1) is 12.3. The molecule has 1 aliphatic heterocycles. The number of aromatic nitrogens is 1. The quantitative estimate of drug-likeness (QED) is 0.900. The fraction of sp³-hybridized carbons (Fsp3) is 0.600. The number of amides is 1. The van der Waals surface area contributed by atoms with E-state index in [4.69, 9.17) is 4.42 Å². The number of carbonyl (C=O) groups excluding carboxylic acids is 1. The van der Waals surface area contributed by atoms with Crippen LogP contribution in [0.2, 0.25) is 0 Å². The first-order valence-corrected chi connectivity index (χ1v) is 9.65. The molecule has 1 aromatic heterocycles. The lowest BCUT2D eigenvalue weighted by molar-refractivity contribution is -0.122. The fourth-order valence-electron chi connectivity index (χ4n) is 4.13. The predicted octanol–water partition coefficient (Wildman–Crippen LogP) is 3.74. The SMILES string of the molecule is O=C(CC1CCCC1)NCC1CCN(c2nc3ccccc3o2)CC1. The molecule has 134 valence electrons. The van der Waals surface area contributed by atoms with Crippen molar-refractivity contribution in [3.8, 4) is 0 Å². The smallest absolute Gasteiger partial charge is 0.298 e. The lowest BCUT2D eigenvalue weighted by atomic mass is 9.96. The van der Waals surface area contributed by atoms with Crippen LogP contribution in [0, 0.1) is 11.8 Å². The molecule has 1 aromatic carbocycles. The predicted molar refractivity (Wildman–Crippen MR) is 98.5 cm³/mol. The minimum absolute atomic E-state index is 0.244. The summed E-state index contributed by atoms with van der Waals surface area (Å²) in [6.07, 6.45) is 7.93. The molecule has 1 saturated heterocycles. The molecule has 0 spiro atoms. The van der Waals surface area contributed by atoms with Gasteiger partial charge < -0.3 is 14.6 Å². The maximum Gasteiger partial charge on any atom is 0.298 e. The summed E-state index contributed by atoms with van der Waals surface area (Å²) in [5, 5.41) is 3.16. The molecule has 0 atom stereocenters. The second kappa shape index (κ2) is 7.46. The number of fused-ring (bicyclic) bond motifs is 1. The van der Waals surface area contributed by atoms with Gasteiger partial charge in [0.1, 0.15) is 5.52 Å². The molecule has 2 aromatic rings.